The molecule has 2 aromatic heterocycles. The van der Waals surface area contributed by atoms with Crippen LogP contribution in [0, 0.1) is 5.41 Å². The normalized spacial score (nSPS) is 27.5. The molecule has 3 aliphatic rings. The SMILES string of the molecule is O=C(O)NCC12CC(COc3ccc4ncc(C(F)F)n4c3)(CO1)C2. The van der Waals surface area contributed by atoms with Gasteiger partial charge >= 0.3 is 6.09 Å². The minimum Gasteiger partial charge on any atom is -0.491 e. The molecule has 0 spiro atoms. The van der Waals surface area contributed by atoms with Gasteiger partial charge in [-0.3, -0.25) is 4.40 Å². The highest BCUT2D eigenvalue weighted by Gasteiger charge is 2.62. The van der Waals surface area contributed by atoms with E-state index in [9.17, 15) is 13.6 Å². The van der Waals surface area contributed by atoms with E-state index in [1.165, 1.54) is 10.6 Å². The van der Waals surface area contributed by atoms with Gasteiger partial charge in [0.15, 0.2) is 0 Å². The lowest BCUT2D eigenvalue weighted by atomic mass is 9.63. The smallest absolute Gasteiger partial charge is 0.404 e. The van der Waals surface area contributed by atoms with E-state index in [-0.39, 0.29) is 17.7 Å². The molecule has 2 N–H and O–H groups in total. The third-order valence-electron chi connectivity index (χ3n) is 4.92. The topological polar surface area (TPSA) is 85.1 Å². The lowest BCUT2D eigenvalue weighted by Crippen LogP contribution is -2.53. The summed E-state index contributed by atoms with van der Waals surface area (Å²) in [5, 5.41) is 11.1. The fraction of sp³-hybridized carbons (Fsp3) is 0.500. The van der Waals surface area contributed by atoms with Gasteiger partial charge in [0.25, 0.3) is 6.43 Å². The molecule has 5 rings (SSSR count). The number of fused-ring (bicyclic) bond motifs is 2. The predicted molar refractivity (Wildman–Crippen MR) is 82.0 cm³/mol. The monoisotopic (exact) mass is 353 g/mol. The Kier molecular flexibility index (Phi) is 3.57. The number of nitrogens with one attached hydrogen (secondary N) is 1. The van der Waals surface area contributed by atoms with Gasteiger partial charge in [0.2, 0.25) is 0 Å². The van der Waals surface area contributed by atoms with E-state index in [0.29, 0.717) is 24.6 Å². The first kappa shape index (κ1) is 16.1. The van der Waals surface area contributed by atoms with Crippen molar-refractivity contribution in [2.75, 3.05) is 19.8 Å². The molecule has 134 valence electrons. The highest BCUT2D eigenvalue weighted by molar-refractivity contribution is 5.64. The molecular formula is C16H17F2N3O4. The second-order valence-corrected chi connectivity index (χ2v) is 6.85. The van der Waals surface area contributed by atoms with Gasteiger partial charge in [-0.1, -0.05) is 0 Å². The van der Waals surface area contributed by atoms with Gasteiger partial charge in [-0.15, -0.1) is 0 Å². The molecule has 7 nitrogen and oxygen atoms in total. The first-order valence-electron chi connectivity index (χ1n) is 7.89. The number of nitrogens with zero attached hydrogens (tertiary/aromatic N) is 2. The molecule has 9 heteroatoms. The molecule has 2 aliphatic heterocycles. The maximum Gasteiger partial charge on any atom is 0.404 e. The average molecular weight is 353 g/mol. The number of pyridine rings is 1. The van der Waals surface area contributed by atoms with Crippen LogP contribution >= 0.6 is 0 Å². The summed E-state index contributed by atoms with van der Waals surface area (Å²) in [7, 11) is 0. The lowest BCUT2D eigenvalue weighted by molar-refractivity contribution is -0.0227. The molecule has 1 amide bonds. The number of carboxylic acid groups (broad SMARTS) is 1. The van der Waals surface area contributed by atoms with E-state index in [1.54, 1.807) is 12.1 Å². The third kappa shape index (κ3) is 2.78. The molecule has 2 bridgehead atoms. The number of imidazole rings is 1. The Balaban J connectivity index is 1.40. The fourth-order valence-corrected chi connectivity index (χ4v) is 3.85. The molecule has 25 heavy (non-hydrogen) atoms. The van der Waals surface area contributed by atoms with Gasteiger partial charge in [0.1, 0.15) is 17.1 Å². The van der Waals surface area contributed by atoms with Crippen molar-refractivity contribution in [3.63, 3.8) is 0 Å². The van der Waals surface area contributed by atoms with Crippen LogP contribution < -0.4 is 10.1 Å². The maximum atomic E-state index is 13.0. The first-order valence-corrected chi connectivity index (χ1v) is 7.89. The number of aromatic nitrogens is 2. The van der Waals surface area contributed by atoms with Crippen molar-refractivity contribution in [2.24, 2.45) is 5.41 Å². The van der Waals surface area contributed by atoms with Gasteiger partial charge in [-0.2, -0.15) is 0 Å². The molecule has 1 saturated carbocycles. The standard InChI is InChI=1S/C16H17F2N3O4/c17-13(18)11-3-19-12-2-1-10(4-21(11)12)24-8-15-5-16(6-15,25-9-15)7-20-14(22)23/h1-4,13,20H,5-9H2,(H,22,23). The molecule has 0 aromatic carbocycles. The van der Waals surface area contributed by atoms with E-state index < -0.39 is 18.1 Å². The van der Waals surface area contributed by atoms with Gasteiger partial charge < -0.3 is 19.9 Å². The Morgan fingerprint density at radius 3 is 3.00 bits per heavy atom. The molecule has 0 radical (unpaired) electrons. The second kappa shape index (κ2) is 5.55. The summed E-state index contributed by atoms with van der Waals surface area (Å²) in [6.07, 6.45) is 0.423. The summed E-state index contributed by atoms with van der Waals surface area (Å²) in [5.74, 6) is 0.481. The van der Waals surface area contributed by atoms with Crippen LogP contribution in [0.3, 0.4) is 0 Å². The number of alkyl halides is 2. The van der Waals surface area contributed by atoms with Crippen LogP contribution in [0.4, 0.5) is 13.6 Å². The minimum atomic E-state index is -2.61. The summed E-state index contributed by atoms with van der Waals surface area (Å²) in [6.45, 7) is 1.17. The number of ether oxygens (including phenoxy) is 2. The molecule has 4 heterocycles. The van der Waals surface area contributed by atoms with Crippen molar-refractivity contribution >= 4 is 11.7 Å². The van der Waals surface area contributed by atoms with Gasteiger partial charge in [0, 0.05) is 12.0 Å². The second-order valence-electron chi connectivity index (χ2n) is 6.85. The van der Waals surface area contributed by atoms with Crippen LogP contribution in [0.2, 0.25) is 0 Å². The van der Waals surface area contributed by atoms with Crippen LogP contribution in [0.25, 0.3) is 5.65 Å². The molecular weight excluding hydrogens is 336 g/mol. The number of hydrogen-bond acceptors (Lipinski definition) is 4. The largest absolute Gasteiger partial charge is 0.491 e. The highest BCUT2D eigenvalue weighted by atomic mass is 19.3. The minimum absolute atomic E-state index is 0.143. The zero-order valence-corrected chi connectivity index (χ0v) is 13.2. The van der Waals surface area contributed by atoms with Crippen LogP contribution in [0.5, 0.6) is 5.75 Å². The average Bonchev–Trinajstić information content (AvgIpc) is 3.21. The Hall–Kier alpha value is -2.42. The van der Waals surface area contributed by atoms with Gasteiger partial charge in [-0.25, -0.2) is 18.6 Å². The summed E-state index contributed by atoms with van der Waals surface area (Å²) >= 11 is 0. The summed E-state index contributed by atoms with van der Waals surface area (Å²) in [4.78, 5) is 14.6. The zero-order chi connectivity index (χ0) is 17.7. The van der Waals surface area contributed by atoms with Crippen LogP contribution in [0.15, 0.2) is 24.5 Å². The Bertz CT molecular complexity index is 817. The predicted octanol–water partition coefficient (Wildman–Crippen LogP) is 2.47. The lowest BCUT2D eigenvalue weighted by Gasteiger charge is -2.44. The van der Waals surface area contributed by atoms with Crippen molar-refractivity contribution in [1.29, 1.82) is 0 Å². The number of rotatable bonds is 6. The first-order chi connectivity index (χ1) is 11.9. The van der Waals surface area contributed by atoms with Crippen LogP contribution in [0.1, 0.15) is 25.0 Å². The Labute approximate surface area is 141 Å². The van der Waals surface area contributed by atoms with Crippen molar-refractivity contribution in [1.82, 2.24) is 14.7 Å². The molecule has 2 aromatic rings. The van der Waals surface area contributed by atoms with Crippen LogP contribution in [-0.4, -0.2) is 45.9 Å². The van der Waals surface area contributed by atoms with Crippen molar-refractivity contribution < 1.29 is 28.2 Å². The summed E-state index contributed by atoms with van der Waals surface area (Å²) < 4.78 is 38.8. The van der Waals surface area contributed by atoms with Crippen molar-refractivity contribution in [2.45, 2.75) is 24.9 Å². The highest BCUT2D eigenvalue weighted by Crippen LogP contribution is 2.57. The third-order valence-corrected chi connectivity index (χ3v) is 4.92. The zero-order valence-electron chi connectivity index (χ0n) is 13.2. The number of halogens is 2. The molecule has 2 saturated heterocycles. The molecule has 0 unspecified atom stereocenters. The molecule has 3 fully saturated rings. The summed E-state index contributed by atoms with van der Waals surface area (Å²) in [6, 6.07) is 3.33. The summed E-state index contributed by atoms with van der Waals surface area (Å²) in [5.41, 5.74) is -0.313. The number of carbonyl (C=O) groups is 1. The van der Waals surface area contributed by atoms with E-state index in [0.717, 1.165) is 19.0 Å². The number of amides is 1. The molecule has 1 aliphatic carbocycles. The van der Waals surface area contributed by atoms with E-state index in [2.05, 4.69) is 10.3 Å². The van der Waals surface area contributed by atoms with E-state index in [4.69, 9.17) is 14.6 Å². The fourth-order valence-electron chi connectivity index (χ4n) is 3.85. The van der Waals surface area contributed by atoms with Crippen LogP contribution in [-0.2, 0) is 4.74 Å². The van der Waals surface area contributed by atoms with Gasteiger partial charge in [-0.05, 0) is 25.0 Å². The van der Waals surface area contributed by atoms with E-state index in [1.807, 2.05) is 0 Å². The Morgan fingerprint density at radius 2 is 2.28 bits per heavy atom. The molecule has 0 atom stereocenters. The van der Waals surface area contributed by atoms with E-state index >= 15 is 0 Å². The number of hydrogen-bond donors (Lipinski definition) is 2. The quantitative estimate of drug-likeness (QED) is 0.833. The van der Waals surface area contributed by atoms with Gasteiger partial charge in [0.05, 0.1) is 31.2 Å². The maximum absolute atomic E-state index is 13.0. The Morgan fingerprint density at radius 1 is 1.48 bits per heavy atom. The van der Waals surface area contributed by atoms with Crippen molar-refractivity contribution in [3.8, 4) is 5.75 Å². The van der Waals surface area contributed by atoms with Crippen molar-refractivity contribution in [3.05, 3.63) is 30.2 Å².